The highest BCUT2D eigenvalue weighted by Crippen LogP contribution is 2.13. The highest BCUT2D eigenvalue weighted by Gasteiger charge is 2.08. The summed E-state index contributed by atoms with van der Waals surface area (Å²) in [5, 5.41) is 3.14. The Bertz CT molecular complexity index is 447. The summed E-state index contributed by atoms with van der Waals surface area (Å²) in [6, 6.07) is 3.94. The van der Waals surface area contributed by atoms with E-state index < -0.39 is 0 Å². The Morgan fingerprint density at radius 2 is 2.33 bits per heavy atom. The third kappa shape index (κ3) is 1.85. The van der Waals surface area contributed by atoms with E-state index in [2.05, 4.69) is 26.8 Å². The first-order valence-corrected chi connectivity index (χ1v) is 5.31. The zero-order valence-corrected chi connectivity index (χ0v) is 9.20. The molecule has 2 rings (SSSR count). The Labute approximate surface area is 89.3 Å². The van der Waals surface area contributed by atoms with Gasteiger partial charge in [0, 0.05) is 25.7 Å². The van der Waals surface area contributed by atoms with Gasteiger partial charge in [-0.3, -0.25) is 0 Å². The number of rotatable bonds is 4. The van der Waals surface area contributed by atoms with Gasteiger partial charge < -0.3 is 9.88 Å². The zero-order chi connectivity index (χ0) is 10.7. The monoisotopic (exact) mass is 204 g/mol. The maximum absolute atomic E-state index is 4.58. The van der Waals surface area contributed by atoms with Crippen LogP contribution in [0.1, 0.15) is 12.7 Å². The van der Waals surface area contributed by atoms with Gasteiger partial charge in [0.2, 0.25) is 0 Å². The largest absolute Gasteiger partial charge is 0.319 e. The third-order valence-corrected chi connectivity index (χ3v) is 2.50. The summed E-state index contributed by atoms with van der Waals surface area (Å²) in [4.78, 5) is 8.94. The minimum atomic E-state index is 0.923. The number of imidazole rings is 1. The second-order valence-corrected chi connectivity index (χ2v) is 3.47. The van der Waals surface area contributed by atoms with Gasteiger partial charge >= 0.3 is 0 Å². The first-order chi connectivity index (χ1) is 7.36. The van der Waals surface area contributed by atoms with Crippen LogP contribution in [0.2, 0.25) is 0 Å². The quantitative estimate of drug-likeness (QED) is 0.814. The Morgan fingerprint density at radius 1 is 1.47 bits per heavy atom. The molecule has 0 unspecified atom stereocenters. The van der Waals surface area contributed by atoms with Gasteiger partial charge in [-0.1, -0.05) is 0 Å². The van der Waals surface area contributed by atoms with E-state index >= 15 is 0 Å². The number of hydrogen-bond donors (Lipinski definition) is 1. The molecule has 4 nitrogen and oxygen atoms in total. The first kappa shape index (κ1) is 10.1. The molecule has 0 saturated heterocycles. The number of fused-ring (bicyclic) bond motifs is 1. The number of nitrogens with zero attached hydrogens (tertiary/aromatic N) is 3. The fourth-order valence-corrected chi connectivity index (χ4v) is 1.77. The lowest BCUT2D eigenvalue weighted by Crippen LogP contribution is -2.13. The predicted octanol–water partition coefficient (Wildman–Crippen LogP) is 1.21. The summed E-state index contributed by atoms with van der Waals surface area (Å²) in [5.74, 6) is 1.11. The molecule has 0 saturated carbocycles. The molecule has 0 atom stereocenters. The van der Waals surface area contributed by atoms with E-state index in [9.17, 15) is 0 Å². The number of aromatic nitrogens is 3. The Morgan fingerprint density at radius 3 is 3.07 bits per heavy atom. The van der Waals surface area contributed by atoms with Crippen molar-refractivity contribution in [1.82, 2.24) is 19.9 Å². The SMILES string of the molecule is CCn1c(CCNC)nc2cccnc21. The fourth-order valence-electron chi connectivity index (χ4n) is 1.77. The van der Waals surface area contributed by atoms with Crippen molar-refractivity contribution in [1.29, 1.82) is 0 Å². The molecule has 0 radical (unpaired) electrons. The van der Waals surface area contributed by atoms with E-state index in [1.165, 1.54) is 0 Å². The Hall–Kier alpha value is -1.42. The molecule has 0 aliphatic heterocycles. The van der Waals surface area contributed by atoms with Crippen molar-refractivity contribution >= 4 is 11.2 Å². The van der Waals surface area contributed by atoms with Gasteiger partial charge in [0.05, 0.1) is 0 Å². The zero-order valence-electron chi connectivity index (χ0n) is 9.20. The summed E-state index contributed by atoms with van der Waals surface area (Å²) in [6.07, 6.45) is 2.76. The van der Waals surface area contributed by atoms with Crippen LogP contribution in [0.25, 0.3) is 11.2 Å². The third-order valence-electron chi connectivity index (χ3n) is 2.50. The van der Waals surface area contributed by atoms with E-state index in [0.717, 1.165) is 36.5 Å². The summed E-state index contributed by atoms with van der Waals surface area (Å²) < 4.78 is 2.17. The first-order valence-electron chi connectivity index (χ1n) is 5.31. The number of hydrogen-bond acceptors (Lipinski definition) is 3. The summed E-state index contributed by atoms with van der Waals surface area (Å²) in [7, 11) is 1.96. The van der Waals surface area contributed by atoms with Crippen molar-refractivity contribution in [3.63, 3.8) is 0 Å². The second kappa shape index (κ2) is 4.40. The van der Waals surface area contributed by atoms with Gasteiger partial charge in [-0.15, -0.1) is 0 Å². The molecule has 0 spiro atoms. The predicted molar refractivity (Wildman–Crippen MR) is 60.8 cm³/mol. The number of likely N-dealkylation sites (N-methyl/N-ethyl adjacent to an activating group) is 1. The number of aryl methyl sites for hydroxylation is 1. The summed E-state index contributed by atoms with van der Waals surface area (Å²) in [5.41, 5.74) is 1.98. The van der Waals surface area contributed by atoms with Crippen LogP contribution in [0.5, 0.6) is 0 Å². The van der Waals surface area contributed by atoms with E-state index in [1.807, 2.05) is 25.4 Å². The van der Waals surface area contributed by atoms with Crippen molar-refractivity contribution in [2.75, 3.05) is 13.6 Å². The van der Waals surface area contributed by atoms with Gasteiger partial charge in [-0.05, 0) is 26.1 Å². The van der Waals surface area contributed by atoms with Gasteiger partial charge in [0.25, 0.3) is 0 Å². The highest BCUT2D eigenvalue weighted by molar-refractivity contribution is 5.71. The van der Waals surface area contributed by atoms with Crippen LogP contribution >= 0.6 is 0 Å². The molecule has 2 aromatic heterocycles. The van der Waals surface area contributed by atoms with Crippen LogP contribution in [0, 0.1) is 0 Å². The lowest BCUT2D eigenvalue weighted by atomic mass is 10.4. The van der Waals surface area contributed by atoms with E-state index in [4.69, 9.17) is 0 Å². The van der Waals surface area contributed by atoms with Gasteiger partial charge in [0.15, 0.2) is 5.65 Å². The van der Waals surface area contributed by atoms with Crippen molar-refractivity contribution in [2.45, 2.75) is 19.9 Å². The van der Waals surface area contributed by atoms with Crippen molar-refractivity contribution in [3.05, 3.63) is 24.2 Å². The van der Waals surface area contributed by atoms with Gasteiger partial charge in [-0.25, -0.2) is 9.97 Å². The highest BCUT2D eigenvalue weighted by atomic mass is 15.1. The number of nitrogens with one attached hydrogen (secondary N) is 1. The van der Waals surface area contributed by atoms with Crippen LogP contribution in [-0.2, 0) is 13.0 Å². The van der Waals surface area contributed by atoms with E-state index in [1.54, 1.807) is 0 Å². The fraction of sp³-hybridized carbons (Fsp3) is 0.455. The molecule has 4 heteroatoms. The molecule has 2 heterocycles. The normalized spacial score (nSPS) is 11.1. The maximum atomic E-state index is 4.58. The topological polar surface area (TPSA) is 42.7 Å². The molecule has 0 aliphatic carbocycles. The molecular weight excluding hydrogens is 188 g/mol. The molecule has 0 amide bonds. The molecule has 80 valence electrons. The molecule has 2 aromatic rings. The molecule has 0 bridgehead atoms. The molecule has 0 fully saturated rings. The van der Waals surface area contributed by atoms with Crippen LogP contribution in [0.4, 0.5) is 0 Å². The van der Waals surface area contributed by atoms with Crippen LogP contribution < -0.4 is 5.32 Å². The van der Waals surface area contributed by atoms with Crippen LogP contribution in [-0.4, -0.2) is 28.1 Å². The summed E-state index contributed by atoms with van der Waals surface area (Å²) in [6.45, 7) is 3.99. The smallest absolute Gasteiger partial charge is 0.159 e. The van der Waals surface area contributed by atoms with E-state index in [0.29, 0.717) is 0 Å². The van der Waals surface area contributed by atoms with Crippen molar-refractivity contribution in [3.8, 4) is 0 Å². The molecule has 0 aromatic carbocycles. The average Bonchev–Trinajstić information content (AvgIpc) is 2.63. The molecule has 1 N–H and O–H groups in total. The average molecular weight is 204 g/mol. The lowest BCUT2D eigenvalue weighted by Gasteiger charge is -2.04. The van der Waals surface area contributed by atoms with E-state index in [-0.39, 0.29) is 0 Å². The lowest BCUT2D eigenvalue weighted by molar-refractivity contribution is 0.677. The molecular formula is C11H16N4. The minimum absolute atomic E-state index is 0.923. The maximum Gasteiger partial charge on any atom is 0.159 e. The molecule has 15 heavy (non-hydrogen) atoms. The van der Waals surface area contributed by atoms with Gasteiger partial charge in [0.1, 0.15) is 11.3 Å². The minimum Gasteiger partial charge on any atom is -0.319 e. The van der Waals surface area contributed by atoms with Crippen LogP contribution in [0.15, 0.2) is 18.3 Å². The second-order valence-electron chi connectivity index (χ2n) is 3.47. The van der Waals surface area contributed by atoms with Gasteiger partial charge in [-0.2, -0.15) is 0 Å². The molecule has 0 aliphatic rings. The Balaban J connectivity index is 2.44. The Kier molecular flexibility index (Phi) is 2.97. The summed E-state index contributed by atoms with van der Waals surface area (Å²) >= 11 is 0. The van der Waals surface area contributed by atoms with Crippen LogP contribution in [0.3, 0.4) is 0 Å². The standard InChI is InChI=1S/C11H16N4/c1-3-15-10(6-8-12-2)14-9-5-4-7-13-11(9)15/h4-5,7,12H,3,6,8H2,1-2H3. The van der Waals surface area contributed by atoms with Crippen molar-refractivity contribution < 1.29 is 0 Å². The number of pyridine rings is 1. The van der Waals surface area contributed by atoms with Crippen molar-refractivity contribution in [2.24, 2.45) is 0 Å².